The van der Waals surface area contributed by atoms with Gasteiger partial charge in [-0.1, -0.05) is 12.1 Å². The molecular formula is C13H19ClF2N2O. The van der Waals surface area contributed by atoms with E-state index in [4.69, 9.17) is 5.73 Å². The summed E-state index contributed by atoms with van der Waals surface area (Å²) in [5.74, 6) is 0.569. The fourth-order valence-electron chi connectivity index (χ4n) is 2.37. The monoisotopic (exact) mass is 292 g/mol. The van der Waals surface area contributed by atoms with Crippen LogP contribution in [-0.4, -0.2) is 19.7 Å². The van der Waals surface area contributed by atoms with Crippen molar-refractivity contribution in [2.75, 3.05) is 13.1 Å². The van der Waals surface area contributed by atoms with Crippen LogP contribution < -0.4 is 15.8 Å². The largest absolute Gasteiger partial charge is 0.435 e. The summed E-state index contributed by atoms with van der Waals surface area (Å²) in [6.07, 6.45) is 2.03. The van der Waals surface area contributed by atoms with Crippen LogP contribution >= 0.6 is 12.4 Å². The van der Waals surface area contributed by atoms with Crippen LogP contribution in [0.1, 0.15) is 24.4 Å². The van der Waals surface area contributed by atoms with Gasteiger partial charge < -0.3 is 15.8 Å². The summed E-state index contributed by atoms with van der Waals surface area (Å²) in [5.41, 5.74) is 7.06. The second kappa shape index (κ2) is 7.62. The van der Waals surface area contributed by atoms with Crippen molar-refractivity contribution in [2.45, 2.75) is 25.5 Å². The van der Waals surface area contributed by atoms with Crippen molar-refractivity contribution < 1.29 is 13.5 Å². The van der Waals surface area contributed by atoms with Crippen LogP contribution in [0.4, 0.5) is 8.78 Å². The first kappa shape index (κ1) is 16.1. The van der Waals surface area contributed by atoms with Gasteiger partial charge in [-0.3, -0.25) is 0 Å². The minimum atomic E-state index is -2.80. The summed E-state index contributed by atoms with van der Waals surface area (Å²) in [5, 5.41) is 3.28. The van der Waals surface area contributed by atoms with Gasteiger partial charge in [0.25, 0.3) is 0 Å². The molecule has 0 radical (unpaired) electrons. The Bertz CT molecular complexity index is 387. The molecule has 0 unspecified atom stereocenters. The molecule has 1 aromatic rings. The normalized spacial score (nSPS) is 17.9. The minimum absolute atomic E-state index is 0. The van der Waals surface area contributed by atoms with Crippen molar-refractivity contribution in [3.05, 3.63) is 29.8 Å². The molecule has 6 heteroatoms. The first-order valence-corrected chi connectivity index (χ1v) is 6.18. The number of nitrogens with one attached hydrogen (secondary N) is 1. The molecule has 1 atom stereocenters. The summed E-state index contributed by atoms with van der Waals surface area (Å²) in [6.45, 7) is -0.868. The molecule has 1 aliphatic heterocycles. The van der Waals surface area contributed by atoms with E-state index in [-0.39, 0.29) is 24.2 Å². The Balaban J connectivity index is 0.00000180. The third-order valence-electron chi connectivity index (χ3n) is 3.36. The van der Waals surface area contributed by atoms with Gasteiger partial charge in [-0.05, 0) is 49.5 Å². The van der Waals surface area contributed by atoms with Crippen LogP contribution in [0.2, 0.25) is 0 Å². The maximum absolute atomic E-state index is 12.1. The topological polar surface area (TPSA) is 47.3 Å². The van der Waals surface area contributed by atoms with E-state index in [1.165, 1.54) is 6.07 Å². The molecule has 0 aliphatic carbocycles. The zero-order valence-electron chi connectivity index (χ0n) is 10.5. The molecule has 3 N–H and O–H groups in total. The Hall–Kier alpha value is -0.910. The highest BCUT2D eigenvalue weighted by Gasteiger charge is 2.22. The summed E-state index contributed by atoms with van der Waals surface area (Å²) in [4.78, 5) is 0. The highest BCUT2D eigenvalue weighted by molar-refractivity contribution is 5.85. The lowest BCUT2D eigenvalue weighted by atomic mass is 9.86. The third-order valence-corrected chi connectivity index (χ3v) is 3.36. The Labute approximate surface area is 117 Å². The van der Waals surface area contributed by atoms with Crippen LogP contribution in [0.25, 0.3) is 0 Å². The van der Waals surface area contributed by atoms with E-state index in [0.29, 0.717) is 5.92 Å². The number of ether oxygens (including phenoxy) is 1. The van der Waals surface area contributed by atoms with Crippen LogP contribution in [0.3, 0.4) is 0 Å². The highest BCUT2D eigenvalue weighted by atomic mass is 35.5. The van der Waals surface area contributed by atoms with Gasteiger partial charge in [0.05, 0.1) is 0 Å². The van der Waals surface area contributed by atoms with Crippen molar-refractivity contribution in [3.63, 3.8) is 0 Å². The Morgan fingerprint density at radius 2 is 1.95 bits per heavy atom. The number of rotatable bonds is 4. The molecule has 0 aromatic heterocycles. The van der Waals surface area contributed by atoms with E-state index >= 15 is 0 Å². The Morgan fingerprint density at radius 1 is 1.26 bits per heavy atom. The molecule has 1 fully saturated rings. The maximum atomic E-state index is 12.1. The van der Waals surface area contributed by atoms with Crippen LogP contribution in [-0.2, 0) is 0 Å². The standard InChI is InChI=1S/C13H18F2N2O.ClH/c14-13(15)18-11-3-1-2-10(8-11)12(16)9-4-6-17-7-5-9;/h1-3,8-9,12-13,17H,4-7,16H2;1H/t12-;/m1./s1. The average Bonchev–Trinajstić information content (AvgIpc) is 2.38. The van der Waals surface area contributed by atoms with Gasteiger partial charge in [0.15, 0.2) is 0 Å². The number of benzene rings is 1. The van der Waals surface area contributed by atoms with Gasteiger partial charge >= 0.3 is 6.61 Å². The number of hydrogen-bond acceptors (Lipinski definition) is 3. The van der Waals surface area contributed by atoms with E-state index in [9.17, 15) is 8.78 Å². The van der Waals surface area contributed by atoms with Gasteiger partial charge in [-0.2, -0.15) is 8.78 Å². The second-order valence-corrected chi connectivity index (χ2v) is 4.56. The van der Waals surface area contributed by atoms with Gasteiger partial charge in [-0.25, -0.2) is 0 Å². The summed E-state index contributed by atoms with van der Waals surface area (Å²) >= 11 is 0. The molecule has 0 saturated carbocycles. The van der Waals surface area contributed by atoms with Crippen molar-refractivity contribution in [1.29, 1.82) is 0 Å². The van der Waals surface area contributed by atoms with E-state index in [1.807, 2.05) is 6.07 Å². The van der Waals surface area contributed by atoms with Crippen molar-refractivity contribution >= 4 is 12.4 Å². The SMILES string of the molecule is Cl.N[C@@H](c1cccc(OC(F)F)c1)C1CCNCC1. The Morgan fingerprint density at radius 3 is 2.58 bits per heavy atom. The molecule has 2 rings (SSSR count). The fourth-order valence-corrected chi connectivity index (χ4v) is 2.37. The lowest BCUT2D eigenvalue weighted by Crippen LogP contribution is -2.33. The van der Waals surface area contributed by atoms with Gasteiger partial charge in [-0.15, -0.1) is 12.4 Å². The quantitative estimate of drug-likeness (QED) is 0.897. The predicted molar refractivity (Wildman–Crippen MR) is 72.8 cm³/mol. The van der Waals surface area contributed by atoms with Crippen LogP contribution in [0, 0.1) is 5.92 Å². The predicted octanol–water partition coefficient (Wildman–Crippen LogP) is 2.71. The maximum Gasteiger partial charge on any atom is 0.387 e. The Kier molecular flexibility index (Phi) is 6.48. The lowest BCUT2D eigenvalue weighted by Gasteiger charge is -2.28. The smallest absolute Gasteiger partial charge is 0.387 e. The molecule has 0 amide bonds. The van der Waals surface area contributed by atoms with Crippen molar-refractivity contribution in [1.82, 2.24) is 5.32 Å². The first-order chi connectivity index (χ1) is 8.66. The number of piperidine rings is 1. The van der Waals surface area contributed by atoms with E-state index in [1.54, 1.807) is 12.1 Å². The van der Waals surface area contributed by atoms with Crippen molar-refractivity contribution in [2.24, 2.45) is 11.7 Å². The van der Waals surface area contributed by atoms with Crippen LogP contribution in [0.15, 0.2) is 24.3 Å². The molecule has 3 nitrogen and oxygen atoms in total. The summed E-state index contributed by atoms with van der Waals surface area (Å²) in [6, 6.07) is 6.58. The molecule has 1 heterocycles. The minimum Gasteiger partial charge on any atom is -0.435 e. The lowest BCUT2D eigenvalue weighted by molar-refractivity contribution is -0.0499. The third kappa shape index (κ3) is 4.60. The van der Waals surface area contributed by atoms with Crippen LogP contribution in [0.5, 0.6) is 5.75 Å². The highest BCUT2D eigenvalue weighted by Crippen LogP contribution is 2.28. The molecule has 19 heavy (non-hydrogen) atoms. The molecule has 0 spiro atoms. The average molecular weight is 293 g/mol. The van der Waals surface area contributed by atoms with Crippen molar-refractivity contribution in [3.8, 4) is 5.75 Å². The molecule has 1 aromatic carbocycles. The molecule has 0 bridgehead atoms. The van der Waals surface area contributed by atoms with Gasteiger partial charge in [0.1, 0.15) is 5.75 Å². The van der Waals surface area contributed by atoms with Gasteiger partial charge in [0, 0.05) is 6.04 Å². The van der Waals surface area contributed by atoms with E-state index in [0.717, 1.165) is 31.5 Å². The molecule has 108 valence electrons. The first-order valence-electron chi connectivity index (χ1n) is 6.18. The zero-order valence-corrected chi connectivity index (χ0v) is 11.3. The van der Waals surface area contributed by atoms with E-state index < -0.39 is 6.61 Å². The molecular weight excluding hydrogens is 274 g/mol. The summed E-state index contributed by atoms with van der Waals surface area (Å²) < 4.78 is 28.7. The number of halogens is 3. The molecule has 1 saturated heterocycles. The van der Waals surface area contributed by atoms with Gasteiger partial charge in [0.2, 0.25) is 0 Å². The second-order valence-electron chi connectivity index (χ2n) is 4.56. The number of alkyl halides is 2. The zero-order chi connectivity index (χ0) is 13.0. The van der Waals surface area contributed by atoms with E-state index in [2.05, 4.69) is 10.1 Å². The number of hydrogen-bond donors (Lipinski definition) is 2. The summed E-state index contributed by atoms with van der Waals surface area (Å²) in [7, 11) is 0. The number of nitrogens with two attached hydrogens (primary N) is 1. The molecule has 1 aliphatic rings. The fraction of sp³-hybridized carbons (Fsp3) is 0.538.